The molecule has 0 radical (unpaired) electrons. The Morgan fingerprint density at radius 1 is 1.14 bits per heavy atom. The molecule has 0 aromatic rings. The predicted octanol–water partition coefficient (Wildman–Crippen LogP) is 1.48. The van der Waals surface area contributed by atoms with Crippen molar-refractivity contribution in [3.05, 3.63) is 0 Å². The lowest BCUT2D eigenvalue weighted by atomic mass is 10.2. The summed E-state index contributed by atoms with van der Waals surface area (Å²) >= 11 is 1.24. The van der Waals surface area contributed by atoms with Gasteiger partial charge in [-0.05, 0) is 18.1 Å². The van der Waals surface area contributed by atoms with Crippen LogP contribution in [0.25, 0.3) is 0 Å². The first-order valence-corrected chi connectivity index (χ1v) is 10.7. The normalized spacial score (nSPS) is 21.3. The highest BCUT2D eigenvalue weighted by Crippen LogP contribution is 2.37. The van der Waals surface area contributed by atoms with Gasteiger partial charge in [0.1, 0.15) is 0 Å². The topological polar surface area (TPSA) is 66.9 Å². The van der Waals surface area contributed by atoms with Crippen LogP contribution in [-0.2, 0) is 18.8 Å². The Balaban J connectivity index is 2.69. The molecule has 6 nitrogen and oxygen atoms in total. The number of imide groups is 1. The van der Waals surface area contributed by atoms with Crippen molar-refractivity contribution in [1.82, 2.24) is 9.80 Å². The van der Waals surface area contributed by atoms with Gasteiger partial charge in [0.15, 0.2) is 13.7 Å². The van der Waals surface area contributed by atoms with Crippen molar-refractivity contribution < 1.29 is 18.8 Å². The largest absolute Gasteiger partial charge is 0.408 e. The maximum atomic E-state index is 12.1. The van der Waals surface area contributed by atoms with Crippen LogP contribution in [0.3, 0.4) is 0 Å². The molecule has 1 rings (SSSR count). The third-order valence-electron chi connectivity index (χ3n) is 4.15. The van der Waals surface area contributed by atoms with Crippen LogP contribution < -0.4 is 0 Å². The molecule has 1 atom stereocenters. The van der Waals surface area contributed by atoms with E-state index in [0.29, 0.717) is 5.94 Å². The zero-order valence-electron chi connectivity index (χ0n) is 13.7. The second-order valence-electron chi connectivity index (χ2n) is 6.66. The fourth-order valence-electron chi connectivity index (χ4n) is 1.48. The van der Waals surface area contributed by atoms with E-state index in [9.17, 15) is 14.4 Å². The number of piperazine rings is 1. The van der Waals surface area contributed by atoms with E-state index >= 15 is 0 Å². The lowest BCUT2D eigenvalue weighted by Gasteiger charge is -2.38. The summed E-state index contributed by atoms with van der Waals surface area (Å²) in [7, 11) is 0.901. The van der Waals surface area contributed by atoms with Gasteiger partial charge >= 0.3 is 11.8 Å². The highest BCUT2D eigenvalue weighted by molar-refractivity contribution is 8.00. The summed E-state index contributed by atoms with van der Waals surface area (Å²) in [6, 6.07) is 0. The molecular weight excluding hydrogens is 308 g/mol. The quantitative estimate of drug-likeness (QED) is 0.338. The minimum atomic E-state index is -1.90. The van der Waals surface area contributed by atoms with Gasteiger partial charge in [-0.2, -0.15) is 0 Å². The number of carbonyl (C=O) groups excluding carboxylic acids is 3. The van der Waals surface area contributed by atoms with E-state index in [0.717, 1.165) is 4.90 Å². The summed E-state index contributed by atoms with van der Waals surface area (Å²) in [6.07, 6.45) is 0. The summed E-state index contributed by atoms with van der Waals surface area (Å²) in [5.74, 6) is -1.51. The third-order valence-corrected chi connectivity index (χ3v) is 9.93. The van der Waals surface area contributed by atoms with E-state index in [1.807, 2.05) is 0 Å². The Hall–Kier alpha value is -0.863. The molecule has 21 heavy (non-hydrogen) atoms. The summed E-state index contributed by atoms with van der Waals surface area (Å²) in [5, 5.41) is -0.622. The van der Waals surface area contributed by atoms with Gasteiger partial charge in [-0.1, -0.05) is 20.8 Å². The zero-order valence-corrected chi connectivity index (χ0v) is 15.5. The number of hydrogen-bond acceptors (Lipinski definition) is 5. The number of thioether (sulfide) groups is 1. The second kappa shape index (κ2) is 6.10. The Bertz CT molecular complexity index is 462. The van der Waals surface area contributed by atoms with Crippen LogP contribution in [0.5, 0.6) is 0 Å². The molecule has 0 N–H and O–H groups in total. The van der Waals surface area contributed by atoms with Crippen molar-refractivity contribution in [2.45, 2.75) is 44.3 Å². The van der Waals surface area contributed by atoms with Gasteiger partial charge in [0.05, 0.1) is 5.94 Å². The molecule has 1 aliphatic heterocycles. The van der Waals surface area contributed by atoms with Crippen LogP contribution in [0, 0.1) is 0 Å². The zero-order chi connectivity index (χ0) is 16.6. The van der Waals surface area contributed by atoms with Crippen LogP contribution >= 0.6 is 11.8 Å². The Morgan fingerprint density at radius 2 is 1.67 bits per heavy atom. The number of likely N-dealkylation sites (N-methyl/N-ethyl adjacent to an activating group) is 2. The Labute approximate surface area is 131 Å². The van der Waals surface area contributed by atoms with E-state index in [2.05, 4.69) is 33.9 Å². The lowest BCUT2D eigenvalue weighted by molar-refractivity contribution is -0.162. The number of amides is 3. The molecule has 1 unspecified atom stereocenters. The van der Waals surface area contributed by atoms with Gasteiger partial charge in [-0.3, -0.25) is 19.3 Å². The average Bonchev–Trinajstić information content (AvgIpc) is 2.36. The first kappa shape index (κ1) is 18.2. The molecule has 0 saturated carbocycles. The van der Waals surface area contributed by atoms with Gasteiger partial charge in [0, 0.05) is 14.1 Å². The molecule has 1 heterocycles. The van der Waals surface area contributed by atoms with Crippen LogP contribution in [-0.4, -0.2) is 61.2 Å². The number of nitrogens with zero attached hydrogens (tertiary/aromatic N) is 2. The minimum absolute atomic E-state index is 0.0820. The van der Waals surface area contributed by atoms with E-state index in [4.69, 9.17) is 4.43 Å². The fraction of sp³-hybridized carbons (Fsp3) is 0.769. The highest BCUT2D eigenvalue weighted by Gasteiger charge is 2.43. The van der Waals surface area contributed by atoms with Crippen molar-refractivity contribution in [2.75, 3.05) is 20.0 Å². The molecule has 1 aliphatic rings. The highest BCUT2D eigenvalue weighted by atomic mass is 32.2. The molecule has 1 saturated heterocycles. The minimum Gasteiger partial charge on any atom is -0.408 e. The molecule has 0 bridgehead atoms. The summed E-state index contributed by atoms with van der Waals surface area (Å²) in [5.41, 5.74) is 0. The van der Waals surface area contributed by atoms with Crippen molar-refractivity contribution in [2.24, 2.45) is 0 Å². The second-order valence-corrected chi connectivity index (χ2v) is 12.5. The van der Waals surface area contributed by atoms with Crippen molar-refractivity contribution in [1.29, 1.82) is 0 Å². The molecule has 8 heteroatoms. The Kier molecular flexibility index (Phi) is 5.28. The van der Waals surface area contributed by atoms with Crippen molar-refractivity contribution in [3.63, 3.8) is 0 Å². The molecule has 0 spiro atoms. The SMILES string of the molecule is CN1C(=O)C(=O)N(C)C(SCO[Si](C)(C)C(C)(C)C)C1=O. The molecule has 0 aromatic heterocycles. The maximum absolute atomic E-state index is 12.1. The third kappa shape index (κ3) is 3.67. The van der Waals surface area contributed by atoms with Gasteiger partial charge in [-0.25, -0.2) is 0 Å². The number of hydrogen-bond donors (Lipinski definition) is 0. The van der Waals surface area contributed by atoms with E-state index in [-0.39, 0.29) is 10.9 Å². The molecule has 3 amide bonds. The lowest BCUT2D eigenvalue weighted by Crippen LogP contribution is -2.59. The molecule has 0 aliphatic carbocycles. The molecule has 0 aromatic carbocycles. The molecular formula is C13H24N2O4SSi. The number of carbonyl (C=O) groups is 3. The van der Waals surface area contributed by atoms with Gasteiger partial charge in [-0.15, -0.1) is 11.8 Å². The first-order chi connectivity index (χ1) is 9.40. The van der Waals surface area contributed by atoms with Gasteiger partial charge < -0.3 is 9.33 Å². The summed E-state index contributed by atoms with van der Waals surface area (Å²) in [6.45, 7) is 10.7. The Morgan fingerprint density at radius 3 is 2.14 bits per heavy atom. The van der Waals surface area contributed by atoms with E-state index in [1.54, 1.807) is 0 Å². The van der Waals surface area contributed by atoms with Crippen molar-refractivity contribution >= 4 is 37.8 Å². The predicted molar refractivity (Wildman–Crippen MR) is 85.1 cm³/mol. The average molecular weight is 332 g/mol. The van der Waals surface area contributed by atoms with Crippen LogP contribution in [0.15, 0.2) is 0 Å². The standard InChI is InChI=1S/C13H24N2O4SSi/c1-13(2,3)21(6,7)19-8-20-12-11(18)14(4)9(16)10(17)15(12)5/h12H,8H2,1-7H3. The first-order valence-electron chi connectivity index (χ1n) is 6.74. The van der Waals surface area contributed by atoms with Gasteiger partial charge in [0.25, 0.3) is 5.91 Å². The molecule has 1 fully saturated rings. The summed E-state index contributed by atoms with van der Waals surface area (Å²) < 4.78 is 6.00. The monoisotopic (exact) mass is 332 g/mol. The van der Waals surface area contributed by atoms with Crippen LogP contribution in [0.2, 0.25) is 18.1 Å². The van der Waals surface area contributed by atoms with Crippen molar-refractivity contribution in [3.8, 4) is 0 Å². The fourth-order valence-corrected chi connectivity index (χ4v) is 4.11. The smallest absolute Gasteiger partial charge is 0.318 e. The number of rotatable bonds is 4. The van der Waals surface area contributed by atoms with E-state index in [1.165, 1.54) is 30.8 Å². The van der Waals surface area contributed by atoms with Crippen LogP contribution in [0.4, 0.5) is 0 Å². The maximum Gasteiger partial charge on any atom is 0.318 e. The van der Waals surface area contributed by atoms with Gasteiger partial charge in [0.2, 0.25) is 0 Å². The van der Waals surface area contributed by atoms with Crippen LogP contribution in [0.1, 0.15) is 20.8 Å². The molecule has 120 valence electrons. The van der Waals surface area contributed by atoms with E-state index < -0.39 is 25.5 Å². The summed E-state index contributed by atoms with van der Waals surface area (Å²) in [4.78, 5) is 37.4.